The van der Waals surface area contributed by atoms with Gasteiger partial charge in [-0.2, -0.15) is 9.61 Å². The van der Waals surface area contributed by atoms with E-state index in [0.29, 0.717) is 5.65 Å². The van der Waals surface area contributed by atoms with Crippen molar-refractivity contribution in [1.29, 1.82) is 0 Å². The number of amides is 1. The highest BCUT2D eigenvalue weighted by Crippen LogP contribution is 2.13. The number of fused-ring (bicyclic) bond motifs is 1. The monoisotopic (exact) mass is 209 g/mol. The summed E-state index contributed by atoms with van der Waals surface area (Å²) in [7, 11) is 0. The molecule has 2 heterocycles. The molecule has 2 rings (SSSR count). The lowest BCUT2D eigenvalue weighted by Crippen LogP contribution is -2.13. The van der Waals surface area contributed by atoms with Crippen LogP contribution in [-0.4, -0.2) is 31.5 Å². The van der Waals surface area contributed by atoms with E-state index < -0.39 is 0 Å². The SMILES string of the molecule is NC(=O)CSc1ccc2nncn2n1. The fraction of sp³-hybridized carbons (Fsp3) is 0.143. The number of nitrogens with zero attached hydrogens (tertiary/aromatic N) is 4. The topological polar surface area (TPSA) is 86.2 Å². The molecule has 2 aromatic rings. The van der Waals surface area contributed by atoms with Crippen molar-refractivity contribution in [1.82, 2.24) is 19.8 Å². The number of hydrogen-bond donors (Lipinski definition) is 1. The van der Waals surface area contributed by atoms with E-state index in [9.17, 15) is 4.79 Å². The van der Waals surface area contributed by atoms with Crippen LogP contribution in [0.5, 0.6) is 0 Å². The molecule has 0 atom stereocenters. The maximum Gasteiger partial charge on any atom is 0.227 e. The first kappa shape index (κ1) is 8.95. The fourth-order valence-corrected chi connectivity index (χ4v) is 1.53. The zero-order valence-electron chi connectivity index (χ0n) is 7.12. The highest BCUT2D eigenvalue weighted by atomic mass is 32.2. The van der Waals surface area contributed by atoms with Gasteiger partial charge >= 0.3 is 0 Å². The van der Waals surface area contributed by atoms with Crippen molar-refractivity contribution in [3.63, 3.8) is 0 Å². The van der Waals surface area contributed by atoms with Crippen LogP contribution in [0.4, 0.5) is 0 Å². The summed E-state index contributed by atoms with van der Waals surface area (Å²) in [4.78, 5) is 10.5. The highest BCUT2D eigenvalue weighted by molar-refractivity contribution is 7.99. The molecule has 0 bridgehead atoms. The van der Waals surface area contributed by atoms with Gasteiger partial charge in [0.1, 0.15) is 11.4 Å². The molecule has 14 heavy (non-hydrogen) atoms. The fourth-order valence-electron chi connectivity index (χ4n) is 0.933. The molecule has 0 radical (unpaired) electrons. The third kappa shape index (κ3) is 1.82. The Balaban J connectivity index is 2.21. The number of carbonyl (C=O) groups is 1. The number of nitrogens with two attached hydrogens (primary N) is 1. The number of carbonyl (C=O) groups excluding carboxylic acids is 1. The molecular formula is C7H7N5OS. The van der Waals surface area contributed by atoms with Gasteiger partial charge in [0.05, 0.1) is 5.75 Å². The van der Waals surface area contributed by atoms with Gasteiger partial charge in [-0.1, -0.05) is 11.8 Å². The summed E-state index contributed by atoms with van der Waals surface area (Å²) in [6.07, 6.45) is 1.50. The van der Waals surface area contributed by atoms with Gasteiger partial charge in [0, 0.05) is 0 Å². The number of hydrogen-bond acceptors (Lipinski definition) is 5. The Bertz CT molecular complexity index is 468. The van der Waals surface area contributed by atoms with Gasteiger partial charge < -0.3 is 5.73 Å². The number of aromatic nitrogens is 4. The van der Waals surface area contributed by atoms with Crippen molar-refractivity contribution in [2.45, 2.75) is 5.03 Å². The second-order valence-electron chi connectivity index (χ2n) is 2.56. The van der Waals surface area contributed by atoms with Gasteiger partial charge in [0.15, 0.2) is 5.65 Å². The van der Waals surface area contributed by atoms with Gasteiger partial charge in [-0.3, -0.25) is 4.79 Å². The van der Waals surface area contributed by atoms with Crippen LogP contribution < -0.4 is 5.73 Å². The van der Waals surface area contributed by atoms with Crippen molar-refractivity contribution < 1.29 is 4.79 Å². The second-order valence-corrected chi connectivity index (χ2v) is 3.56. The molecule has 7 heteroatoms. The molecule has 0 aliphatic heterocycles. The maximum absolute atomic E-state index is 10.5. The third-order valence-corrected chi connectivity index (χ3v) is 2.44. The summed E-state index contributed by atoms with van der Waals surface area (Å²) < 4.78 is 1.54. The summed E-state index contributed by atoms with van der Waals surface area (Å²) >= 11 is 1.28. The van der Waals surface area contributed by atoms with Crippen molar-refractivity contribution in [2.75, 3.05) is 5.75 Å². The minimum Gasteiger partial charge on any atom is -0.369 e. The smallest absolute Gasteiger partial charge is 0.227 e. The molecule has 0 saturated carbocycles. The predicted octanol–water partition coefficient (Wildman–Crippen LogP) is -0.298. The van der Waals surface area contributed by atoms with Crippen LogP contribution in [0.25, 0.3) is 5.65 Å². The van der Waals surface area contributed by atoms with E-state index in [2.05, 4.69) is 15.3 Å². The Morgan fingerprint density at radius 3 is 3.21 bits per heavy atom. The zero-order valence-corrected chi connectivity index (χ0v) is 7.94. The van der Waals surface area contributed by atoms with Crippen LogP contribution in [0.1, 0.15) is 0 Å². The van der Waals surface area contributed by atoms with Gasteiger partial charge in [-0.25, -0.2) is 0 Å². The molecular weight excluding hydrogens is 202 g/mol. The van der Waals surface area contributed by atoms with Crippen LogP contribution in [-0.2, 0) is 4.79 Å². The summed E-state index contributed by atoms with van der Waals surface area (Å²) in [6, 6.07) is 3.56. The standard InChI is InChI=1S/C7H7N5OS/c8-5(13)3-14-7-2-1-6-10-9-4-12(6)11-7/h1-2,4H,3H2,(H2,8,13). The van der Waals surface area contributed by atoms with E-state index in [4.69, 9.17) is 5.73 Å². The van der Waals surface area contributed by atoms with E-state index in [1.54, 1.807) is 16.6 Å². The first-order valence-corrected chi connectivity index (χ1v) is 4.82. The van der Waals surface area contributed by atoms with E-state index in [0.717, 1.165) is 5.03 Å². The van der Waals surface area contributed by atoms with Crippen LogP contribution >= 0.6 is 11.8 Å². The average Bonchev–Trinajstić information content (AvgIpc) is 2.61. The molecule has 0 saturated heterocycles. The lowest BCUT2D eigenvalue weighted by atomic mass is 10.6. The molecule has 2 aromatic heterocycles. The van der Waals surface area contributed by atoms with Crippen LogP contribution in [0.3, 0.4) is 0 Å². The van der Waals surface area contributed by atoms with Gasteiger partial charge in [-0.05, 0) is 12.1 Å². The molecule has 72 valence electrons. The normalized spacial score (nSPS) is 10.6. The molecule has 0 aromatic carbocycles. The van der Waals surface area contributed by atoms with E-state index >= 15 is 0 Å². The molecule has 0 unspecified atom stereocenters. The average molecular weight is 209 g/mol. The van der Waals surface area contributed by atoms with Crippen molar-refractivity contribution >= 4 is 23.3 Å². The number of primary amides is 1. The Hall–Kier alpha value is -1.63. The molecule has 1 amide bonds. The lowest BCUT2D eigenvalue weighted by Gasteiger charge is -1.97. The highest BCUT2D eigenvalue weighted by Gasteiger charge is 2.01. The minimum atomic E-state index is -0.361. The second kappa shape index (κ2) is 3.62. The van der Waals surface area contributed by atoms with Gasteiger partial charge in [-0.15, -0.1) is 10.2 Å². The first-order chi connectivity index (χ1) is 6.75. The summed E-state index contributed by atoms with van der Waals surface area (Å²) in [5.74, 6) is -0.138. The van der Waals surface area contributed by atoms with Gasteiger partial charge in [0.2, 0.25) is 5.91 Å². The van der Waals surface area contributed by atoms with Gasteiger partial charge in [0.25, 0.3) is 0 Å². The first-order valence-electron chi connectivity index (χ1n) is 3.84. The Labute approximate surface area is 83.5 Å². The Morgan fingerprint density at radius 1 is 1.57 bits per heavy atom. The molecule has 0 aliphatic rings. The van der Waals surface area contributed by atoms with E-state index in [1.165, 1.54) is 18.1 Å². The Kier molecular flexibility index (Phi) is 2.32. The Morgan fingerprint density at radius 2 is 2.43 bits per heavy atom. The summed E-state index contributed by atoms with van der Waals surface area (Å²) in [5, 5.41) is 12.4. The molecule has 6 nitrogen and oxygen atoms in total. The summed E-state index contributed by atoms with van der Waals surface area (Å²) in [5.41, 5.74) is 5.69. The molecule has 0 aliphatic carbocycles. The van der Waals surface area contributed by atoms with Crippen LogP contribution in [0.2, 0.25) is 0 Å². The van der Waals surface area contributed by atoms with Crippen LogP contribution in [0, 0.1) is 0 Å². The van der Waals surface area contributed by atoms with Crippen LogP contribution in [0.15, 0.2) is 23.5 Å². The van der Waals surface area contributed by atoms with Crippen molar-refractivity contribution in [2.24, 2.45) is 5.73 Å². The minimum absolute atomic E-state index is 0.223. The number of rotatable bonds is 3. The van der Waals surface area contributed by atoms with Crippen molar-refractivity contribution in [3.05, 3.63) is 18.5 Å². The third-order valence-electron chi connectivity index (χ3n) is 1.50. The van der Waals surface area contributed by atoms with Crippen molar-refractivity contribution in [3.8, 4) is 0 Å². The molecule has 2 N–H and O–H groups in total. The lowest BCUT2D eigenvalue weighted by molar-refractivity contribution is -0.115. The molecule has 0 spiro atoms. The van der Waals surface area contributed by atoms with E-state index in [-0.39, 0.29) is 11.7 Å². The van der Waals surface area contributed by atoms with E-state index in [1.807, 2.05) is 0 Å². The summed E-state index contributed by atoms with van der Waals surface area (Å²) in [6.45, 7) is 0. The largest absolute Gasteiger partial charge is 0.369 e. The maximum atomic E-state index is 10.5. The zero-order chi connectivity index (χ0) is 9.97. The quantitative estimate of drug-likeness (QED) is 0.701. The number of thioether (sulfide) groups is 1. The molecule has 0 fully saturated rings. The predicted molar refractivity (Wildman–Crippen MR) is 50.7 cm³/mol.